The number of amides is 1. The molecule has 2 heterocycles. The van der Waals surface area contributed by atoms with Crippen molar-refractivity contribution in [1.29, 1.82) is 0 Å². The Hall–Kier alpha value is -3.29. The summed E-state index contributed by atoms with van der Waals surface area (Å²) in [7, 11) is 1.56. The van der Waals surface area contributed by atoms with Gasteiger partial charge in [-0.05, 0) is 24.3 Å². The number of aromatic nitrogens is 3. The molecule has 0 saturated heterocycles. The Morgan fingerprint density at radius 2 is 2.04 bits per heavy atom. The lowest BCUT2D eigenvalue weighted by Gasteiger charge is -2.07. The number of hydrogen-bond acceptors (Lipinski definition) is 5. The van der Waals surface area contributed by atoms with E-state index in [1.165, 1.54) is 12.1 Å². The summed E-state index contributed by atoms with van der Waals surface area (Å²) in [5.41, 5.74) is 1.92. The van der Waals surface area contributed by atoms with Crippen molar-refractivity contribution in [1.82, 2.24) is 19.9 Å². The number of rotatable bonds is 4. The van der Waals surface area contributed by atoms with Gasteiger partial charge in [-0.15, -0.1) is 0 Å². The molecule has 0 aliphatic carbocycles. The predicted octanol–water partition coefficient (Wildman–Crippen LogP) is 1.75. The molecule has 116 valence electrons. The first-order chi connectivity index (χ1) is 11.1. The van der Waals surface area contributed by atoms with E-state index in [-0.39, 0.29) is 18.1 Å². The Balaban J connectivity index is 2.13. The molecule has 0 bridgehead atoms. The van der Waals surface area contributed by atoms with Gasteiger partial charge in [0.05, 0.1) is 4.92 Å². The van der Waals surface area contributed by atoms with Crippen LogP contribution in [-0.2, 0) is 11.3 Å². The topological polar surface area (TPSA) is 103 Å². The second kappa shape index (κ2) is 5.84. The van der Waals surface area contributed by atoms with Crippen LogP contribution >= 0.6 is 0 Å². The molecule has 0 saturated carbocycles. The third-order valence-corrected chi connectivity index (χ3v) is 3.42. The lowest BCUT2D eigenvalue weighted by Crippen LogP contribution is -2.24. The first kappa shape index (κ1) is 14.6. The van der Waals surface area contributed by atoms with E-state index < -0.39 is 4.92 Å². The summed E-state index contributed by atoms with van der Waals surface area (Å²) in [6, 6.07) is 9.61. The molecule has 1 N–H and O–H groups in total. The van der Waals surface area contributed by atoms with Crippen LogP contribution in [0.25, 0.3) is 22.6 Å². The Labute approximate surface area is 130 Å². The number of nitro benzene ring substituents is 1. The molecule has 0 aliphatic rings. The molecular weight excluding hydrogens is 298 g/mol. The first-order valence-electron chi connectivity index (χ1n) is 6.87. The van der Waals surface area contributed by atoms with Gasteiger partial charge in [-0.25, -0.2) is 9.97 Å². The van der Waals surface area contributed by atoms with Crippen LogP contribution in [-0.4, -0.2) is 32.4 Å². The van der Waals surface area contributed by atoms with E-state index in [9.17, 15) is 14.9 Å². The average Bonchev–Trinajstić information content (AvgIpc) is 2.93. The minimum Gasteiger partial charge on any atom is -0.358 e. The van der Waals surface area contributed by atoms with Crippen LogP contribution in [0.1, 0.15) is 0 Å². The average molecular weight is 311 g/mol. The van der Waals surface area contributed by atoms with Crippen LogP contribution < -0.4 is 5.32 Å². The maximum atomic E-state index is 11.8. The zero-order valence-electron chi connectivity index (χ0n) is 12.3. The smallest absolute Gasteiger partial charge is 0.269 e. The molecule has 23 heavy (non-hydrogen) atoms. The van der Waals surface area contributed by atoms with Crippen molar-refractivity contribution in [3.63, 3.8) is 0 Å². The number of nitrogens with one attached hydrogen (secondary N) is 1. The van der Waals surface area contributed by atoms with Crippen LogP contribution in [0.5, 0.6) is 0 Å². The van der Waals surface area contributed by atoms with Gasteiger partial charge in [0.1, 0.15) is 17.9 Å². The molecule has 0 atom stereocenters. The summed E-state index contributed by atoms with van der Waals surface area (Å²) in [5.74, 6) is 0.357. The van der Waals surface area contributed by atoms with E-state index in [1.807, 2.05) is 0 Å². The highest BCUT2D eigenvalue weighted by Gasteiger charge is 2.16. The fourth-order valence-corrected chi connectivity index (χ4v) is 2.28. The Bertz CT molecular complexity index is 886. The number of pyridine rings is 1. The summed E-state index contributed by atoms with van der Waals surface area (Å²) >= 11 is 0. The number of carbonyl (C=O) groups is 1. The third kappa shape index (κ3) is 2.73. The molecule has 1 aromatic carbocycles. The number of imidazole rings is 1. The van der Waals surface area contributed by atoms with Gasteiger partial charge in [0.15, 0.2) is 5.65 Å². The number of benzene rings is 1. The molecule has 0 aliphatic heterocycles. The molecule has 8 heteroatoms. The molecular formula is C15H13N5O3. The summed E-state index contributed by atoms with van der Waals surface area (Å²) < 4.78 is 1.69. The number of nitro groups is 1. The maximum absolute atomic E-state index is 11.8. The van der Waals surface area contributed by atoms with Gasteiger partial charge in [0.2, 0.25) is 5.91 Å². The van der Waals surface area contributed by atoms with Crippen molar-refractivity contribution in [2.75, 3.05) is 7.05 Å². The fourth-order valence-electron chi connectivity index (χ4n) is 2.28. The van der Waals surface area contributed by atoms with E-state index in [2.05, 4.69) is 15.3 Å². The summed E-state index contributed by atoms with van der Waals surface area (Å²) in [5, 5.41) is 13.3. The summed E-state index contributed by atoms with van der Waals surface area (Å²) in [6.07, 6.45) is 1.63. The van der Waals surface area contributed by atoms with Crippen LogP contribution in [0.2, 0.25) is 0 Å². The molecule has 3 rings (SSSR count). The SMILES string of the molecule is CNC(=O)Cn1c(-c2ccc([N+](=O)[O-])cc2)nc2cccnc21. The Morgan fingerprint density at radius 1 is 1.30 bits per heavy atom. The zero-order valence-corrected chi connectivity index (χ0v) is 12.3. The van der Waals surface area contributed by atoms with Crippen molar-refractivity contribution >= 4 is 22.8 Å². The van der Waals surface area contributed by atoms with Crippen molar-refractivity contribution in [3.05, 3.63) is 52.7 Å². The number of fused-ring (bicyclic) bond motifs is 1. The maximum Gasteiger partial charge on any atom is 0.269 e. The van der Waals surface area contributed by atoms with Crippen molar-refractivity contribution in [2.24, 2.45) is 0 Å². The molecule has 0 fully saturated rings. The summed E-state index contributed by atoms with van der Waals surface area (Å²) in [6.45, 7) is 0.0658. The van der Waals surface area contributed by atoms with Crippen LogP contribution in [0.3, 0.4) is 0 Å². The number of likely N-dealkylation sites (N-methyl/N-ethyl adjacent to an activating group) is 1. The second-order valence-electron chi connectivity index (χ2n) is 4.84. The van der Waals surface area contributed by atoms with E-state index in [4.69, 9.17) is 0 Å². The van der Waals surface area contributed by atoms with Crippen molar-refractivity contribution in [3.8, 4) is 11.4 Å². The van der Waals surface area contributed by atoms with Crippen LogP contribution in [0.4, 0.5) is 5.69 Å². The molecule has 0 unspecified atom stereocenters. The standard InChI is InChI=1S/C15H13N5O3/c1-16-13(21)9-19-14(18-12-3-2-8-17-15(12)19)10-4-6-11(7-5-10)20(22)23/h2-8H,9H2,1H3,(H,16,21). The Kier molecular flexibility index (Phi) is 3.71. The second-order valence-corrected chi connectivity index (χ2v) is 4.84. The van der Waals surface area contributed by atoms with Crippen LogP contribution in [0, 0.1) is 10.1 Å². The molecule has 2 aromatic heterocycles. The molecule has 0 spiro atoms. The van der Waals surface area contributed by atoms with Gasteiger partial charge >= 0.3 is 0 Å². The quantitative estimate of drug-likeness (QED) is 0.584. The highest BCUT2D eigenvalue weighted by molar-refractivity contribution is 5.82. The van der Waals surface area contributed by atoms with Crippen LogP contribution in [0.15, 0.2) is 42.6 Å². The van der Waals surface area contributed by atoms with Gasteiger partial charge in [-0.1, -0.05) is 0 Å². The third-order valence-electron chi connectivity index (χ3n) is 3.42. The minimum absolute atomic E-state index is 0.000775. The first-order valence-corrected chi connectivity index (χ1v) is 6.87. The molecule has 3 aromatic rings. The largest absolute Gasteiger partial charge is 0.358 e. The van der Waals surface area contributed by atoms with E-state index in [0.717, 1.165) is 0 Å². The van der Waals surface area contributed by atoms with Gasteiger partial charge in [0.25, 0.3) is 5.69 Å². The van der Waals surface area contributed by atoms with Crippen molar-refractivity contribution in [2.45, 2.75) is 6.54 Å². The number of nitrogens with zero attached hydrogens (tertiary/aromatic N) is 4. The lowest BCUT2D eigenvalue weighted by atomic mass is 10.2. The fraction of sp³-hybridized carbons (Fsp3) is 0.133. The molecule has 8 nitrogen and oxygen atoms in total. The van der Waals surface area contributed by atoms with E-state index in [1.54, 1.807) is 42.1 Å². The lowest BCUT2D eigenvalue weighted by molar-refractivity contribution is -0.384. The zero-order chi connectivity index (χ0) is 16.4. The number of hydrogen-bond donors (Lipinski definition) is 1. The van der Waals surface area contributed by atoms with Gasteiger partial charge in [-0.2, -0.15) is 0 Å². The number of non-ortho nitro benzene ring substituents is 1. The van der Waals surface area contributed by atoms with E-state index >= 15 is 0 Å². The molecule has 1 amide bonds. The predicted molar refractivity (Wildman–Crippen MR) is 83.7 cm³/mol. The van der Waals surface area contributed by atoms with E-state index in [0.29, 0.717) is 22.6 Å². The minimum atomic E-state index is -0.459. The number of carbonyl (C=O) groups excluding carboxylic acids is 1. The normalized spacial score (nSPS) is 10.7. The van der Waals surface area contributed by atoms with Gasteiger partial charge in [-0.3, -0.25) is 19.5 Å². The van der Waals surface area contributed by atoms with Crippen molar-refractivity contribution < 1.29 is 9.72 Å². The van der Waals surface area contributed by atoms with Gasteiger partial charge < -0.3 is 5.32 Å². The monoisotopic (exact) mass is 311 g/mol. The summed E-state index contributed by atoms with van der Waals surface area (Å²) in [4.78, 5) is 30.8. The highest BCUT2D eigenvalue weighted by atomic mass is 16.6. The highest BCUT2D eigenvalue weighted by Crippen LogP contribution is 2.25. The Morgan fingerprint density at radius 3 is 2.70 bits per heavy atom. The van der Waals surface area contributed by atoms with Gasteiger partial charge in [0, 0.05) is 30.9 Å². The molecule has 0 radical (unpaired) electrons.